The lowest BCUT2D eigenvalue weighted by Gasteiger charge is -2.36. The molecule has 14 nitrogen and oxygen atoms in total. The van der Waals surface area contributed by atoms with E-state index in [2.05, 4.69) is 25.1 Å². The summed E-state index contributed by atoms with van der Waals surface area (Å²) < 4.78 is 39.3. The van der Waals surface area contributed by atoms with Crippen molar-refractivity contribution in [1.29, 1.82) is 0 Å². The molecule has 51 heavy (non-hydrogen) atoms. The summed E-state index contributed by atoms with van der Waals surface area (Å²) in [6, 6.07) is 12.5. The van der Waals surface area contributed by atoms with Crippen molar-refractivity contribution in [3.63, 3.8) is 0 Å². The smallest absolute Gasteiger partial charge is 0.413 e. The molecular formula is C36H47FN8O6. The molecule has 1 saturated heterocycles. The number of aryl methyl sites for hydroxylation is 1. The molecule has 3 aromatic heterocycles. The van der Waals surface area contributed by atoms with Gasteiger partial charge in [0.15, 0.2) is 5.65 Å². The number of fused-ring (bicyclic) bond motifs is 1. The number of carbonyl (C=O) groups is 2. The molecule has 0 radical (unpaired) electrons. The van der Waals surface area contributed by atoms with Crippen LogP contribution in [0.25, 0.3) is 28.1 Å². The maximum Gasteiger partial charge on any atom is 0.413 e. The molecule has 5 rings (SSSR count). The molecule has 0 aliphatic carbocycles. The lowest BCUT2D eigenvalue weighted by Crippen LogP contribution is -2.47. The van der Waals surface area contributed by atoms with Crippen molar-refractivity contribution in [2.45, 2.75) is 39.7 Å². The molecule has 1 aliphatic heterocycles. The fourth-order valence-electron chi connectivity index (χ4n) is 5.62. The summed E-state index contributed by atoms with van der Waals surface area (Å²) in [5, 5.41) is 2.67. The predicted molar refractivity (Wildman–Crippen MR) is 192 cm³/mol. The van der Waals surface area contributed by atoms with Crippen LogP contribution in [0.15, 0.2) is 48.7 Å². The van der Waals surface area contributed by atoms with Crippen LogP contribution in [0.2, 0.25) is 0 Å². The molecule has 0 unspecified atom stereocenters. The predicted octanol–water partition coefficient (Wildman–Crippen LogP) is 4.32. The summed E-state index contributed by atoms with van der Waals surface area (Å²) in [5.74, 6) is 0.316. The van der Waals surface area contributed by atoms with E-state index >= 15 is 4.39 Å². The molecule has 1 aliphatic rings. The molecule has 1 fully saturated rings. The fourth-order valence-corrected chi connectivity index (χ4v) is 5.62. The van der Waals surface area contributed by atoms with E-state index in [1.165, 1.54) is 6.07 Å². The number of amides is 2. The molecule has 3 N–H and O–H groups in total. The van der Waals surface area contributed by atoms with Gasteiger partial charge in [-0.25, -0.2) is 24.1 Å². The first kappa shape index (κ1) is 37.6. The van der Waals surface area contributed by atoms with Gasteiger partial charge in [0.05, 0.1) is 56.7 Å². The number of nitrogens with zero attached hydrogens (tertiary/aromatic N) is 6. The number of anilines is 2. The topological polar surface area (TPSA) is 159 Å². The summed E-state index contributed by atoms with van der Waals surface area (Å²) in [4.78, 5) is 41.1. The minimum absolute atomic E-state index is 0.206. The number of hydrogen-bond donors (Lipinski definition) is 2. The molecule has 4 heterocycles. The second-order valence-electron chi connectivity index (χ2n) is 13.1. The molecule has 274 valence electrons. The number of carbonyl (C=O) groups excluding carboxylic acids is 2. The van der Waals surface area contributed by atoms with Crippen molar-refractivity contribution in [1.82, 2.24) is 24.4 Å². The zero-order valence-corrected chi connectivity index (χ0v) is 29.7. The lowest BCUT2D eigenvalue weighted by molar-refractivity contribution is -0.119. The maximum absolute atomic E-state index is 15.7. The van der Waals surface area contributed by atoms with Crippen molar-refractivity contribution < 1.29 is 32.9 Å². The van der Waals surface area contributed by atoms with Crippen molar-refractivity contribution in [2.24, 2.45) is 5.73 Å². The number of benzene rings is 1. The third kappa shape index (κ3) is 10.9. The van der Waals surface area contributed by atoms with Crippen LogP contribution in [0.1, 0.15) is 33.0 Å². The van der Waals surface area contributed by atoms with E-state index in [1.807, 2.05) is 35.8 Å². The Balaban J connectivity index is 1.14. The highest BCUT2D eigenvalue weighted by Gasteiger charge is 2.21. The third-order valence-corrected chi connectivity index (χ3v) is 8.05. The minimum atomic E-state index is -0.640. The monoisotopic (exact) mass is 706 g/mol. The van der Waals surface area contributed by atoms with Crippen LogP contribution < -0.4 is 16.0 Å². The van der Waals surface area contributed by atoms with E-state index in [-0.39, 0.29) is 18.1 Å². The first-order valence-corrected chi connectivity index (χ1v) is 17.1. The van der Waals surface area contributed by atoms with E-state index in [1.54, 1.807) is 39.1 Å². The highest BCUT2D eigenvalue weighted by molar-refractivity contribution is 5.85. The minimum Gasteiger partial charge on any atom is -0.444 e. The van der Waals surface area contributed by atoms with Crippen molar-refractivity contribution in [2.75, 3.05) is 82.6 Å². The van der Waals surface area contributed by atoms with Gasteiger partial charge in [-0.1, -0.05) is 0 Å². The van der Waals surface area contributed by atoms with E-state index < -0.39 is 11.7 Å². The number of halogens is 1. The number of aromatic nitrogens is 4. The zero-order valence-electron chi connectivity index (χ0n) is 29.7. The molecule has 0 spiro atoms. The fraction of sp³-hybridized carbons (Fsp3) is 0.472. The van der Waals surface area contributed by atoms with Crippen LogP contribution in [0.4, 0.5) is 20.7 Å². The number of pyridine rings is 2. The lowest BCUT2D eigenvalue weighted by atomic mass is 10.1. The van der Waals surface area contributed by atoms with Gasteiger partial charge in [0.1, 0.15) is 28.6 Å². The summed E-state index contributed by atoms with van der Waals surface area (Å²) in [7, 11) is 0. The number of piperazine rings is 1. The molecule has 0 saturated carbocycles. The first-order valence-electron chi connectivity index (χ1n) is 17.1. The Hall–Kier alpha value is -4.70. The van der Waals surface area contributed by atoms with Crippen LogP contribution in [0.3, 0.4) is 0 Å². The quantitative estimate of drug-likeness (QED) is 0.160. The highest BCUT2D eigenvalue weighted by atomic mass is 19.1. The molecule has 0 bridgehead atoms. The first-order chi connectivity index (χ1) is 24.5. The van der Waals surface area contributed by atoms with Crippen molar-refractivity contribution in [3.8, 4) is 16.9 Å². The van der Waals surface area contributed by atoms with Crippen LogP contribution >= 0.6 is 0 Å². The molecule has 2 amide bonds. The van der Waals surface area contributed by atoms with Crippen molar-refractivity contribution >= 4 is 34.7 Å². The summed E-state index contributed by atoms with van der Waals surface area (Å²) in [6.45, 7) is 13.7. The Morgan fingerprint density at radius 3 is 2.29 bits per heavy atom. The summed E-state index contributed by atoms with van der Waals surface area (Å²) >= 11 is 0. The highest BCUT2D eigenvalue weighted by Crippen LogP contribution is 2.28. The average molecular weight is 707 g/mol. The van der Waals surface area contributed by atoms with Crippen LogP contribution in [0, 0.1) is 12.7 Å². The number of nitrogens with one attached hydrogen (secondary N) is 1. The van der Waals surface area contributed by atoms with Gasteiger partial charge in [-0.15, -0.1) is 0 Å². The van der Waals surface area contributed by atoms with Gasteiger partial charge in [-0.3, -0.25) is 19.6 Å². The number of primary amides is 1. The van der Waals surface area contributed by atoms with Crippen LogP contribution in [-0.2, 0) is 23.7 Å². The number of imidazole rings is 1. The Labute approximate surface area is 297 Å². The molecular weight excluding hydrogens is 659 g/mol. The standard InChI is InChI=1S/C36H47FN8O6/c1-25-40-30-7-6-29(26-9-11-39-33(23-26)42-35(47)51-36(2,3)4)41-34(30)45(25)27-5-8-31(28(37)24-27)44-14-12-43(13-15-44)16-18-49-20-22-50-21-19-48-17-10-32(38)46/h5-9,11,23-24H,10,12-22H2,1-4H3,(H2,38,46)(H,39,42,47). The van der Waals surface area contributed by atoms with Gasteiger partial charge >= 0.3 is 6.09 Å². The number of ether oxygens (including phenoxy) is 4. The Morgan fingerprint density at radius 2 is 1.61 bits per heavy atom. The van der Waals surface area contributed by atoms with E-state index in [0.717, 1.165) is 25.2 Å². The van der Waals surface area contributed by atoms with Gasteiger partial charge in [-0.05, 0) is 64.1 Å². The summed E-state index contributed by atoms with van der Waals surface area (Å²) in [6.07, 6.45) is 1.20. The maximum atomic E-state index is 15.7. The van der Waals surface area contributed by atoms with E-state index in [4.69, 9.17) is 29.7 Å². The van der Waals surface area contributed by atoms with Gasteiger partial charge in [0.25, 0.3) is 0 Å². The SMILES string of the molecule is Cc1nc2ccc(-c3ccnc(NC(=O)OC(C)(C)C)c3)nc2n1-c1ccc(N2CCN(CCOCCOCCOCCC(N)=O)CC2)c(F)c1. The molecule has 15 heteroatoms. The van der Waals surface area contributed by atoms with Gasteiger partial charge < -0.3 is 29.6 Å². The Bertz CT molecular complexity index is 1790. The molecule has 4 aromatic rings. The second kappa shape index (κ2) is 17.5. The van der Waals surface area contributed by atoms with Crippen LogP contribution in [0.5, 0.6) is 0 Å². The van der Waals surface area contributed by atoms with Gasteiger partial charge in [0.2, 0.25) is 5.91 Å². The number of rotatable bonds is 16. The molecule has 1 aromatic carbocycles. The Kier molecular flexibility index (Phi) is 12.9. The summed E-state index contributed by atoms with van der Waals surface area (Å²) in [5.41, 5.74) is 8.26. The normalized spacial score (nSPS) is 13.9. The number of nitrogens with two attached hydrogens (primary N) is 1. The van der Waals surface area contributed by atoms with Crippen molar-refractivity contribution in [3.05, 3.63) is 60.3 Å². The van der Waals surface area contributed by atoms with Gasteiger partial charge in [0, 0.05) is 57.0 Å². The Morgan fingerprint density at radius 1 is 0.902 bits per heavy atom. The van der Waals surface area contributed by atoms with Gasteiger partial charge in [-0.2, -0.15) is 0 Å². The van der Waals surface area contributed by atoms with E-state index in [9.17, 15) is 9.59 Å². The molecule has 0 atom stereocenters. The largest absolute Gasteiger partial charge is 0.444 e. The zero-order chi connectivity index (χ0) is 36.4. The number of hydrogen-bond acceptors (Lipinski definition) is 11. The van der Waals surface area contributed by atoms with E-state index in [0.29, 0.717) is 92.6 Å². The average Bonchev–Trinajstić information content (AvgIpc) is 3.41. The second-order valence-corrected chi connectivity index (χ2v) is 13.1. The third-order valence-electron chi connectivity index (χ3n) is 8.05. The van der Waals surface area contributed by atoms with Crippen LogP contribution in [-0.4, -0.2) is 114 Å².